The number of esters is 1. The van der Waals surface area contributed by atoms with E-state index in [0.29, 0.717) is 10.6 Å². The van der Waals surface area contributed by atoms with Gasteiger partial charge in [-0.15, -0.1) is 0 Å². The third-order valence-corrected chi connectivity index (χ3v) is 2.85. The third-order valence-electron chi connectivity index (χ3n) is 1.81. The van der Waals surface area contributed by atoms with Crippen molar-refractivity contribution in [3.05, 3.63) is 32.8 Å². The van der Waals surface area contributed by atoms with E-state index >= 15 is 0 Å². The maximum atomic E-state index is 11.2. The maximum Gasteiger partial charge on any atom is 0.327 e. The van der Waals surface area contributed by atoms with Crippen LogP contribution in [0.1, 0.15) is 11.6 Å². The second-order valence-electron chi connectivity index (χ2n) is 2.79. The Hall–Kier alpha value is -0.480. The molecule has 0 aliphatic carbocycles. The van der Waals surface area contributed by atoms with Crippen molar-refractivity contribution in [3.63, 3.8) is 0 Å². The van der Waals surface area contributed by atoms with E-state index in [1.165, 1.54) is 19.2 Å². The summed E-state index contributed by atoms with van der Waals surface area (Å²) >= 11 is 17.4. The van der Waals surface area contributed by atoms with Gasteiger partial charge in [-0.25, -0.2) is 0 Å². The molecule has 1 atom stereocenters. The van der Waals surface area contributed by atoms with Gasteiger partial charge in [-0.2, -0.15) is 0 Å². The lowest BCUT2D eigenvalue weighted by molar-refractivity contribution is -0.142. The molecule has 0 unspecified atom stereocenters. The summed E-state index contributed by atoms with van der Waals surface area (Å²) in [4.78, 5) is 11.2. The molecular weight excluding hydrogens is 260 g/mol. The minimum absolute atomic E-state index is 0.207. The van der Waals surface area contributed by atoms with Gasteiger partial charge in [0.1, 0.15) is 6.04 Å². The number of nitrogens with two attached hydrogens (primary N) is 1. The average molecular weight is 269 g/mol. The Morgan fingerprint density at radius 2 is 2.00 bits per heavy atom. The molecule has 0 heterocycles. The second-order valence-corrected chi connectivity index (χ2v) is 4.01. The average Bonchev–Trinajstić information content (AvgIpc) is 2.21. The number of methoxy groups -OCH3 is 1. The van der Waals surface area contributed by atoms with E-state index < -0.39 is 12.0 Å². The van der Waals surface area contributed by atoms with Crippen molar-refractivity contribution in [2.24, 2.45) is 5.73 Å². The van der Waals surface area contributed by atoms with E-state index in [9.17, 15) is 4.79 Å². The van der Waals surface area contributed by atoms with Crippen molar-refractivity contribution < 1.29 is 9.53 Å². The highest BCUT2D eigenvalue weighted by atomic mass is 35.5. The van der Waals surface area contributed by atoms with Crippen LogP contribution in [-0.4, -0.2) is 13.1 Å². The number of hydrogen-bond acceptors (Lipinski definition) is 3. The molecule has 1 aromatic carbocycles. The summed E-state index contributed by atoms with van der Waals surface area (Å²) in [6.45, 7) is 0. The Morgan fingerprint density at radius 3 is 2.53 bits per heavy atom. The molecule has 2 N–H and O–H groups in total. The molecule has 0 aliphatic heterocycles. The fourth-order valence-corrected chi connectivity index (χ4v) is 1.79. The molecule has 0 spiro atoms. The molecular formula is C9H8Cl3NO2. The van der Waals surface area contributed by atoms with Crippen LogP contribution in [0.5, 0.6) is 0 Å². The van der Waals surface area contributed by atoms with E-state index in [1.54, 1.807) is 0 Å². The Balaban J connectivity index is 3.19. The second kappa shape index (κ2) is 5.03. The Morgan fingerprint density at radius 1 is 1.40 bits per heavy atom. The maximum absolute atomic E-state index is 11.2. The van der Waals surface area contributed by atoms with Gasteiger partial charge in [0.2, 0.25) is 0 Å². The van der Waals surface area contributed by atoms with Gasteiger partial charge in [-0.3, -0.25) is 4.79 Å². The molecule has 1 aromatic rings. The van der Waals surface area contributed by atoms with Gasteiger partial charge < -0.3 is 10.5 Å². The fourth-order valence-electron chi connectivity index (χ4n) is 1.06. The summed E-state index contributed by atoms with van der Waals surface area (Å²) in [5, 5.41) is 0.816. The van der Waals surface area contributed by atoms with Gasteiger partial charge in [0.25, 0.3) is 0 Å². The monoisotopic (exact) mass is 267 g/mol. The molecule has 0 fully saturated rings. The van der Waals surface area contributed by atoms with Crippen LogP contribution in [-0.2, 0) is 9.53 Å². The van der Waals surface area contributed by atoms with Gasteiger partial charge in [-0.05, 0) is 12.1 Å². The minimum Gasteiger partial charge on any atom is -0.468 e. The van der Waals surface area contributed by atoms with Gasteiger partial charge in [-0.1, -0.05) is 34.8 Å². The highest BCUT2D eigenvalue weighted by Crippen LogP contribution is 2.32. The number of halogens is 3. The summed E-state index contributed by atoms with van der Waals surface area (Å²) in [5.74, 6) is -0.602. The van der Waals surface area contributed by atoms with Gasteiger partial charge in [0.05, 0.1) is 17.2 Å². The van der Waals surface area contributed by atoms with Crippen LogP contribution < -0.4 is 5.73 Å². The van der Waals surface area contributed by atoms with Gasteiger partial charge in [0, 0.05) is 10.6 Å². The van der Waals surface area contributed by atoms with Crippen molar-refractivity contribution >= 4 is 40.8 Å². The van der Waals surface area contributed by atoms with Gasteiger partial charge >= 0.3 is 5.97 Å². The standard InChI is InChI=1S/C9H8Cl3NO2/c1-15-9(14)8(13)5-2-4(10)3-6(11)7(5)12/h2-3,8H,13H2,1H3/t8-/m1/s1. The molecule has 82 valence electrons. The van der Waals surface area contributed by atoms with Crippen LogP contribution in [0.4, 0.5) is 0 Å². The minimum atomic E-state index is -0.987. The van der Waals surface area contributed by atoms with E-state index in [1.807, 2.05) is 0 Å². The number of carbonyl (C=O) groups is 1. The quantitative estimate of drug-likeness (QED) is 0.663. The molecule has 0 saturated carbocycles. The van der Waals surface area contributed by atoms with Crippen molar-refractivity contribution in [2.75, 3.05) is 7.11 Å². The first-order chi connectivity index (χ1) is 6.97. The van der Waals surface area contributed by atoms with Crippen LogP contribution in [0, 0.1) is 0 Å². The zero-order chi connectivity index (χ0) is 11.6. The largest absolute Gasteiger partial charge is 0.468 e. The number of hydrogen-bond donors (Lipinski definition) is 1. The summed E-state index contributed by atoms with van der Waals surface area (Å²) in [6.07, 6.45) is 0. The van der Waals surface area contributed by atoms with Crippen LogP contribution >= 0.6 is 34.8 Å². The topological polar surface area (TPSA) is 52.3 Å². The zero-order valence-electron chi connectivity index (χ0n) is 7.76. The first-order valence-electron chi connectivity index (χ1n) is 3.95. The van der Waals surface area contributed by atoms with Crippen LogP contribution in [0.25, 0.3) is 0 Å². The number of ether oxygens (including phenoxy) is 1. The van der Waals surface area contributed by atoms with Crippen LogP contribution in [0.3, 0.4) is 0 Å². The lowest BCUT2D eigenvalue weighted by atomic mass is 10.1. The third kappa shape index (κ3) is 2.75. The van der Waals surface area contributed by atoms with E-state index in [4.69, 9.17) is 40.5 Å². The first-order valence-corrected chi connectivity index (χ1v) is 5.08. The molecule has 1 rings (SSSR count). The summed E-state index contributed by atoms with van der Waals surface area (Å²) in [6, 6.07) is 1.97. The normalized spacial score (nSPS) is 12.3. The highest BCUT2D eigenvalue weighted by Gasteiger charge is 2.21. The molecule has 6 heteroatoms. The molecule has 0 amide bonds. The van der Waals surface area contributed by atoms with Crippen LogP contribution in [0.15, 0.2) is 12.1 Å². The predicted molar refractivity (Wildman–Crippen MR) is 60.4 cm³/mol. The highest BCUT2D eigenvalue weighted by molar-refractivity contribution is 6.43. The number of carbonyl (C=O) groups excluding carboxylic acids is 1. The number of benzene rings is 1. The smallest absolute Gasteiger partial charge is 0.327 e. The van der Waals surface area contributed by atoms with Crippen molar-refractivity contribution in [2.45, 2.75) is 6.04 Å². The Bertz CT molecular complexity index is 395. The summed E-state index contributed by atoms with van der Waals surface area (Å²) in [7, 11) is 1.24. The lowest BCUT2D eigenvalue weighted by Crippen LogP contribution is -2.23. The molecule has 15 heavy (non-hydrogen) atoms. The molecule has 3 nitrogen and oxygen atoms in total. The van der Waals surface area contributed by atoms with Crippen molar-refractivity contribution in [3.8, 4) is 0 Å². The fraction of sp³-hybridized carbons (Fsp3) is 0.222. The van der Waals surface area contributed by atoms with Gasteiger partial charge in [0.15, 0.2) is 0 Å². The zero-order valence-corrected chi connectivity index (χ0v) is 10.0. The Kier molecular flexibility index (Phi) is 4.22. The SMILES string of the molecule is COC(=O)[C@H](N)c1cc(Cl)cc(Cl)c1Cl. The van der Waals surface area contributed by atoms with E-state index in [0.717, 1.165) is 0 Å². The molecule has 0 bridgehead atoms. The Labute approximate surface area is 102 Å². The van der Waals surface area contributed by atoms with Crippen LogP contribution in [0.2, 0.25) is 15.1 Å². The van der Waals surface area contributed by atoms with Crippen molar-refractivity contribution in [1.29, 1.82) is 0 Å². The first kappa shape index (κ1) is 12.6. The molecule has 0 radical (unpaired) electrons. The molecule has 0 saturated heterocycles. The lowest BCUT2D eigenvalue weighted by Gasteiger charge is -2.12. The number of rotatable bonds is 2. The van der Waals surface area contributed by atoms with E-state index in [-0.39, 0.29) is 10.0 Å². The predicted octanol–water partition coefficient (Wildman–Crippen LogP) is 2.82. The van der Waals surface area contributed by atoms with E-state index in [2.05, 4.69) is 4.74 Å². The summed E-state index contributed by atoms with van der Waals surface area (Å²) in [5.41, 5.74) is 5.96. The summed E-state index contributed by atoms with van der Waals surface area (Å²) < 4.78 is 4.49. The van der Waals surface area contributed by atoms with Crippen molar-refractivity contribution in [1.82, 2.24) is 0 Å². The molecule has 0 aliphatic rings. The molecule has 0 aromatic heterocycles.